The van der Waals surface area contributed by atoms with E-state index in [2.05, 4.69) is 58.8 Å². The van der Waals surface area contributed by atoms with Gasteiger partial charge >= 0.3 is 0 Å². The average molecular weight is 473 g/mol. The SMILES string of the molecule is CCNC(=NCCCN1CCCC1=O)NCCN(C)c1ccccc1.I. The molecule has 0 atom stereocenters. The Bertz CT molecular complexity index is 552. The number of likely N-dealkylation sites (tertiary alicyclic amines) is 1. The Morgan fingerprint density at radius 3 is 2.69 bits per heavy atom. The number of carbonyl (C=O) groups is 1. The molecule has 0 unspecified atom stereocenters. The zero-order chi connectivity index (χ0) is 17.9. The molecule has 1 aromatic carbocycles. The largest absolute Gasteiger partial charge is 0.373 e. The van der Waals surface area contributed by atoms with Gasteiger partial charge in [-0.15, -0.1) is 24.0 Å². The first-order valence-corrected chi connectivity index (χ1v) is 9.27. The minimum Gasteiger partial charge on any atom is -0.373 e. The number of nitrogens with zero attached hydrogens (tertiary/aromatic N) is 3. The Morgan fingerprint density at radius 1 is 1.27 bits per heavy atom. The lowest BCUT2D eigenvalue weighted by atomic mass is 10.3. The third kappa shape index (κ3) is 7.80. The molecule has 0 aromatic heterocycles. The van der Waals surface area contributed by atoms with Gasteiger partial charge in [0.25, 0.3) is 0 Å². The molecule has 1 amide bonds. The molecular formula is C19H32IN5O. The quantitative estimate of drug-likeness (QED) is 0.250. The maximum absolute atomic E-state index is 11.6. The zero-order valence-corrected chi connectivity index (χ0v) is 18.2. The van der Waals surface area contributed by atoms with Crippen LogP contribution in [-0.2, 0) is 4.79 Å². The van der Waals surface area contributed by atoms with E-state index in [1.165, 1.54) is 5.69 Å². The predicted octanol–water partition coefficient (Wildman–Crippen LogP) is 2.31. The lowest BCUT2D eigenvalue weighted by Gasteiger charge is -2.20. The van der Waals surface area contributed by atoms with Crippen LogP contribution >= 0.6 is 24.0 Å². The van der Waals surface area contributed by atoms with Gasteiger partial charge in [0, 0.05) is 58.4 Å². The summed E-state index contributed by atoms with van der Waals surface area (Å²) in [7, 11) is 2.09. The van der Waals surface area contributed by atoms with Crippen molar-refractivity contribution in [1.82, 2.24) is 15.5 Å². The number of aliphatic imine (C=N–C) groups is 1. The highest BCUT2D eigenvalue weighted by atomic mass is 127. The van der Waals surface area contributed by atoms with E-state index in [0.717, 1.165) is 58.1 Å². The normalized spacial score (nSPS) is 14.2. The molecule has 1 aliphatic heterocycles. The number of anilines is 1. The van der Waals surface area contributed by atoms with Crippen molar-refractivity contribution in [3.8, 4) is 0 Å². The fourth-order valence-corrected chi connectivity index (χ4v) is 2.89. The molecule has 6 nitrogen and oxygen atoms in total. The fourth-order valence-electron chi connectivity index (χ4n) is 2.89. The van der Waals surface area contributed by atoms with Gasteiger partial charge in [-0.3, -0.25) is 9.79 Å². The number of rotatable bonds is 9. The Labute approximate surface area is 174 Å². The molecule has 146 valence electrons. The van der Waals surface area contributed by atoms with Gasteiger partial charge in [0.1, 0.15) is 0 Å². The van der Waals surface area contributed by atoms with Crippen molar-refractivity contribution in [1.29, 1.82) is 0 Å². The number of guanidine groups is 1. The molecular weight excluding hydrogens is 441 g/mol. The van der Waals surface area contributed by atoms with Crippen LogP contribution in [0.4, 0.5) is 5.69 Å². The first-order chi connectivity index (χ1) is 12.2. The number of hydrogen-bond donors (Lipinski definition) is 2. The minimum atomic E-state index is 0. The lowest BCUT2D eigenvalue weighted by Crippen LogP contribution is -2.41. The molecule has 2 N–H and O–H groups in total. The summed E-state index contributed by atoms with van der Waals surface area (Å²) >= 11 is 0. The average Bonchev–Trinajstić information content (AvgIpc) is 3.04. The Hall–Kier alpha value is -1.51. The van der Waals surface area contributed by atoms with E-state index >= 15 is 0 Å². The molecule has 1 aromatic rings. The molecule has 0 aliphatic carbocycles. The summed E-state index contributed by atoms with van der Waals surface area (Å²) in [5, 5.41) is 6.65. The van der Waals surface area contributed by atoms with Crippen LogP contribution in [0.5, 0.6) is 0 Å². The van der Waals surface area contributed by atoms with Gasteiger partial charge in [-0.1, -0.05) is 18.2 Å². The standard InChI is InChI=1S/C19H31N5O.HI/c1-3-20-19(21-12-8-15-24-14-7-11-18(24)25)22-13-16-23(2)17-9-5-4-6-10-17;/h4-6,9-10H,3,7-8,11-16H2,1-2H3,(H2,20,21,22);1H. The minimum absolute atomic E-state index is 0. The predicted molar refractivity (Wildman–Crippen MR) is 120 cm³/mol. The van der Waals surface area contributed by atoms with Crippen LogP contribution < -0.4 is 15.5 Å². The van der Waals surface area contributed by atoms with Crippen molar-refractivity contribution in [2.24, 2.45) is 4.99 Å². The third-order valence-electron chi connectivity index (χ3n) is 4.31. The van der Waals surface area contributed by atoms with Crippen molar-refractivity contribution in [3.63, 3.8) is 0 Å². The van der Waals surface area contributed by atoms with Crippen LogP contribution in [-0.4, -0.2) is 63.1 Å². The highest BCUT2D eigenvalue weighted by Crippen LogP contribution is 2.10. The maximum atomic E-state index is 11.6. The molecule has 1 saturated heterocycles. The first-order valence-electron chi connectivity index (χ1n) is 9.27. The molecule has 0 radical (unpaired) electrons. The van der Waals surface area contributed by atoms with E-state index < -0.39 is 0 Å². The summed E-state index contributed by atoms with van der Waals surface area (Å²) < 4.78 is 0. The van der Waals surface area contributed by atoms with Gasteiger partial charge in [0.15, 0.2) is 5.96 Å². The summed E-state index contributed by atoms with van der Waals surface area (Å²) in [6.07, 6.45) is 2.62. The van der Waals surface area contributed by atoms with Crippen LogP contribution in [0.15, 0.2) is 35.3 Å². The molecule has 0 spiro atoms. The molecule has 1 fully saturated rings. The summed E-state index contributed by atoms with van der Waals surface area (Å²) in [4.78, 5) is 20.4. The molecule has 0 saturated carbocycles. The second-order valence-electron chi connectivity index (χ2n) is 6.28. The monoisotopic (exact) mass is 473 g/mol. The van der Waals surface area contributed by atoms with E-state index in [1.807, 2.05) is 11.0 Å². The highest BCUT2D eigenvalue weighted by molar-refractivity contribution is 14.0. The highest BCUT2D eigenvalue weighted by Gasteiger charge is 2.18. The van der Waals surface area contributed by atoms with Crippen molar-refractivity contribution < 1.29 is 4.79 Å². The van der Waals surface area contributed by atoms with Crippen molar-refractivity contribution >= 4 is 41.5 Å². The second-order valence-corrected chi connectivity index (χ2v) is 6.28. The maximum Gasteiger partial charge on any atom is 0.222 e. The summed E-state index contributed by atoms with van der Waals surface area (Å²) in [5.74, 6) is 1.13. The fraction of sp³-hybridized carbons (Fsp3) is 0.579. The van der Waals surface area contributed by atoms with Gasteiger partial charge in [0.2, 0.25) is 5.91 Å². The van der Waals surface area contributed by atoms with Gasteiger partial charge < -0.3 is 20.4 Å². The van der Waals surface area contributed by atoms with E-state index in [1.54, 1.807) is 0 Å². The number of hydrogen-bond acceptors (Lipinski definition) is 3. The number of benzene rings is 1. The molecule has 7 heteroatoms. The van der Waals surface area contributed by atoms with Crippen LogP contribution in [0.2, 0.25) is 0 Å². The zero-order valence-electron chi connectivity index (χ0n) is 15.9. The van der Waals surface area contributed by atoms with Crippen molar-refractivity contribution in [2.45, 2.75) is 26.2 Å². The van der Waals surface area contributed by atoms with Crippen molar-refractivity contribution in [3.05, 3.63) is 30.3 Å². The van der Waals surface area contributed by atoms with Gasteiger partial charge in [-0.2, -0.15) is 0 Å². The van der Waals surface area contributed by atoms with E-state index in [-0.39, 0.29) is 29.9 Å². The van der Waals surface area contributed by atoms with E-state index in [9.17, 15) is 4.79 Å². The number of carbonyl (C=O) groups excluding carboxylic acids is 1. The number of halogens is 1. The number of likely N-dealkylation sites (N-methyl/N-ethyl adjacent to an activating group) is 1. The van der Waals surface area contributed by atoms with E-state index in [0.29, 0.717) is 6.42 Å². The molecule has 26 heavy (non-hydrogen) atoms. The summed E-state index contributed by atoms with van der Waals surface area (Å²) in [6, 6.07) is 10.4. The third-order valence-corrected chi connectivity index (χ3v) is 4.31. The molecule has 0 bridgehead atoms. The summed E-state index contributed by atoms with van der Waals surface area (Å²) in [5.41, 5.74) is 1.21. The van der Waals surface area contributed by atoms with Crippen molar-refractivity contribution in [2.75, 3.05) is 51.2 Å². The molecule has 1 heterocycles. The summed E-state index contributed by atoms with van der Waals surface area (Å²) in [6.45, 7) is 7.08. The number of amides is 1. The Balaban J connectivity index is 0.00000338. The first kappa shape index (κ1) is 22.5. The van der Waals surface area contributed by atoms with Crippen LogP contribution in [0, 0.1) is 0 Å². The van der Waals surface area contributed by atoms with E-state index in [4.69, 9.17) is 0 Å². The van der Waals surface area contributed by atoms with Crippen LogP contribution in [0.25, 0.3) is 0 Å². The lowest BCUT2D eigenvalue weighted by molar-refractivity contribution is -0.127. The number of para-hydroxylation sites is 1. The smallest absolute Gasteiger partial charge is 0.222 e. The Morgan fingerprint density at radius 2 is 2.04 bits per heavy atom. The van der Waals surface area contributed by atoms with Gasteiger partial charge in [-0.25, -0.2) is 0 Å². The van der Waals surface area contributed by atoms with Gasteiger partial charge in [-0.05, 0) is 31.9 Å². The Kier molecular flexibility index (Phi) is 11.1. The van der Waals surface area contributed by atoms with Gasteiger partial charge in [0.05, 0.1) is 0 Å². The molecule has 1 aliphatic rings. The number of nitrogens with one attached hydrogen (secondary N) is 2. The van der Waals surface area contributed by atoms with Crippen LogP contribution in [0.3, 0.4) is 0 Å². The second kappa shape index (κ2) is 12.8. The topological polar surface area (TPSA) is 60.0 Å². The van der Waals surface area contributed by atoms with Crippen LogP contribution in [0.1, 0.15) is 26.2 Å². The molecule has 2 rings (SSSR count).